The zero-order valence-electron chi connectivity index (χ0n) is 18.5. The van der Waals surface area contributed by atoms with E-state index < -0.39 is 0 Å². The van der Waals surface area contributed by atoms with Gasteiger partial charge in [-0.3, -0.25) is 4.79 Å². The van der Waals surface area contributed by atoms with E-state index in [0.29, 0.717) is 13.0 Å². The van der Waals surface area contributed by atoms with Gasteiger partial charge in [-0.15, -0.1) is 0 Å². The summed E-state index contributed by atoms with van der Waals surface area (Å²) in [7, 11) is 0. The Morgan fingerprint density at radius 2 is 1.39 bits per heavy atom. The first-order valence-corrected chi connectivity index (χ1v) is 11.7. The van der Waals surface area contributed by atoms with Gasteiger partial charge in [0.05, 0.1) is 0 Å². The van der Waals surface area contributed by atoms with Crippen LogP contribution in [-0.4, -0.2) is 5.91 Å². The van der Waals surface area contributed by atoms with Crippen LogP contribution >= 0.6 is 0 Å². The van der Waals surface area contributed by atoms with Crippen molar-refractivity contribution in [2.24, 2.45) is 0 Å². The van der Waals surface area contributed by atoms with E-state index in [4.69, 9.17) is 0 Å². The van der Waals surface area contributed by atoms with Crippen LogP contribution in [0.3, 0.4) is 0 Å². The Morgan fingerprint density at radius 1 is 0.821 bits per heavy atom. The van der Waals surface area contributed by atoms with E-state index in [-0.39, 0.29) is 5.91 Å². The minimum Gasteiger partial charge on any atom is -0.352 e. The number of carbonyl (C=O) groups is 1. The van der Waals surface area contributed by atoms with E-state index in [1.54, 1.807) is 0 Å². The van der Waals surface area contributed by atoms with Crippen LogP contribution in [0.25, 0.3) is 0 Å². The maximum absolute atomic E-state index is 11.9. The molecule has 0 heterocycles. The van der Waals surface area contributed by atoms with Gasteiger partial charge in [0.15, 0.2) is 0 Å². The molecule has 1 amide bonds. The molecule has 1 rings (SSSR count). The second kappa shape index (κ2) is 17.5. The highest BCUT2D eigenvalue weighted by molar-refractivity contribution is 5.75. The normalized spacial score (nSPS) is 11.2. The maximum atomic E-state index is 11.9. The summed E-state index contributed by atoms with van der Waals surface area (Å²) in [5.74, 6) is 0.181. The molecule has 2 heteroatoms. The molecule has 28 heavy (non-hydrogen) atoms. The molecule has 0 bridgehead atoms. The molecule has 0 atom stereocenters. The number of nitrogens with one attached hydrogen (secondary N) is 1. The number of hydrogen-bond donors (Lipinski definition) is 1. The number of amides is 1. The predicted molar refractivity (Wildman–Crippen MR) is 122 cm³/mol. The molecule has 0 spiro atoms. The quantitative estimate of drug-likeness (QED) is 0.216. The van der Waals surface area contributed by atoms with Crippen molar-refractivity contribution >= 4 is 5.91 Å². The van der Waals surface area contributed by atoms with Crippen molar-refractivity contribution in [1.29, 1.82) is 0 Å². The molecule has 0 fully saturated rings. The van der Waals surface area contributed by atoms with Crippen molar-refractivity contribution in [2.45, 2.75) is 110 Å². The van der Waals surface area contributed by atoms with Gasteiger partial charge >= 0.3 is 0 Å². The van der Waals surface area contributed by atoms with Crippen molar-refractivity contribution < 1.29 is 4.79 Å². The first-order valence-electron chi connectivity index (χ1n) is 11.7. The third-order valence-electron chi connectivity index (χ3n) is 5.40. The van der Waals surface area contributed by atoms with Gasteiger partial charge in [-0.1, -0.05) is 94.7 Å². The first kappa shape index (κ1) is 24.5. The Balaban J connectivity index is 1.86. The van der Waals surface area contributed by atoms with Gasteiger partial charge in [-0.25, -0.2) is 0 Å². The van der Waals surface area contributed by atoms with E-state index in [0.717, 1.165) is 6.42 Å². The molecule has 0 saturated carbocycles. The van der Waals surface area contributed by atoms with Gasteiger partial charge in [0.1, 0.15) is 0 Å². The van der Waals surface area contributed by atoms with E-state index >= 15 is 0 Å². The lowest BCUT2D eigenvalue weighted by Crippen LogP contribution is -2.22. The van der Waals surface area contributed by atoms with Crippen LogP contribution in [0.1, 0.15) is 108 Å². The molecule has 0 radical (unpaired) electrons. The standard InChI is InChI=1S/C26H43NO/c1-3-4-5-6-7-8-9-10-11-12-13-14-15-16-17-22-26(28)27-23-25-21-19-18-20-24(25)2/h10-11,18-21H,3-9,12-17,22-23H2,1-2H3,(H,27,28)/b11-10-. The van der Waals surface area contributed by atoms with Gasteiger partial charge in [-0.05, 0) is 50.2 Å². The molecular formula is C26H43NO. The molecule has 2 nitrogen and oxygen atoms in total. The maximum Gasteiger partial charge on any atom is 0.220 e. The second-order valence-electron chi connectivity index (χ2n) is 8.04. The third kappa shape index (κ3) is 13.6. The molecule has 1 aromatic carbocycles. The first-order chi connectivity index (χ1) is 13.7. The molecule has 1 N–H and O–H groups in total. The topological polar surface area (TPSA) is 29.1 Å². The second-order valence-corrected chi connectivity index (χ2v) is 8.04. The van der Waals surface area contributed by atoms with Gasteiger partial charge in [0, 0.05) is 13.0 Å². The number of rotatable bonds is 17. The van der Waals surface area contributed by atoms with Gasteiger partial charge in [0.25, 0.3) is 0 Å². The third-order valence-corrected chi connectivity index (χ3v) is 5.40. The van der Waals surface area contributed by atoms with Crippen LogP contribution in [0.4, 0.5) is 0 Å². The molecule has 0 aliphatic carbocycles. The number of allylic oxidation sites excluding steroid dienone is 2. The smallest absolute Gasteiger partial charge is 0.220 e. The summed E-state index contributed by atoms with van der Waals surface area (Å²) in [5.41, 5.74) is 2.45. The van der Waals surface area contributed by atoms with Crippen molar-refractivity contribution in [1.82, 2.24) is 5.32 Å². The molecule has 1 aromatic rings. The van der Waals surface area contributed by atoms with Crippen molar-refractivity contribution in [3.05, 3.63) is 47.5 Å². The number of hydrogen-bond acceptors (Lipinski definition) is 1. The molecule has 0 aliphatic heterocycles. The van der Waals surface area contributed by atoms with E-state index in [9.17, 15) is 4.79 Å². The Kier molecular flexibility index (Phi) is 15.3. The average molecular weight is 386 g/mol. The van der Waals surface area contributed by atoms with Crippen molar-refractivity contribution in [3.8, 4) is 0 Å². The highest BCUT2D eigenvalue weighted by atomic mass is 16.1. The summed E-state index contributed by atoms with van der Waals surface area (Å²) in [6.45, 7) is 5.01. The summed E-state index contributed by atoms with van der Waals surface area (Å²) < 4.78 is 0. The van der Waals surface area contributed by atoms with E-state index in [1.807, 2.05) is 12.1 Å². The zero-order chi connectivity index (χ0) is 20.3. The number of benzene rings is 1. The SMILES string of the molecule is CCCCCCCC/C=C\CCCCCCCC(=O)NCc1ccccc1C. The summed E-state index contributed by atoms with van der Waals surface area (Å²) in [5, 5.41) is 3.04. The fraction of sp³-hybridized carbons (Fsp3) is 0.654. The molecule has 0 unspecified atom stereocenters. The Bertz CT molecular complexity index is 535. The number of unbranched alkanes of at least 4 members (excludes halogenated alkanes) is 11. The summed E-state index contributed by atoms with van der Waals surface area (Å²) >= 11 is 0. The van der Waals surface area contributed by atoms with Crippen molar-refractivity contribution in [2.75, 3.05) is 0 Å². The fourth-order valence-corrected chi connectivity index (χ4v) is 3.45. The van der Waals surface area contributed by atoms with Crippen LogP contribution in [0.2, 0.25) is 0 Å². The van der Waals surface area contributed by atoms with Crippen LogP contribution in [-0.2, 0) is 11.3 Å². The lowest BCUT2D eigenvalue weighted by Gasteiger charge is -2.07. The van der Waals surface area contributed by atoms with Gasteiger partial charge in [-0.2, -0.15) is 0 Å². The van der Waals surface area contributed by atoms with Crippen LogP contribution in [0.15, 0.2) is 36.4 Å². The summed E-state index contributed by atoms with van der Waals surface area (Å²) in [6, 6.07) is 8.23. The van der Waals surface area contributed by atoms with E-state index in [1.165, 1.54) is 88.2 Å². The highest BCUT2D eigenvalue weighted by Gasteiger charge is 2.02. The number of carbonyl (C=O) groups excluding carboxylic acids is 1. The molecule has 158 valence electrons. The Morgan fingerprint density at radius 3 is 2.04 bits per heavy atom. The van der Waals surface area contributed by atoms with Crippen molar-refractivity contribution in [3.63, 3.8) is 0 Å². The van der Waals surface area contributed by atoms with Crippen LogP contribution in [0, 0.1) is 6.92 Å². The number of aryl methyl sites for hydroxylation is 1. The Labute approximate surface area is 174 Å². The summed E-state index contributed by atoms with van der Waals surface area (Å²) in [4.78, 5) is 11.9. The lowest BCUT2D eigenvalue weighted by atomic mass is 10.1. The largest absolute Gasteiger partial charge is 0.352 e. The van der Waals surface area contributed by atoms with Crippen LogP contribution < -0.4 is 5.32 Å². The van der Waals surface area contributed by atoms with E-state index in [2.05, 4.69) is 43.4 Å². The highest BCUT2D eigenvalue weighted by Crippen LogP contribution is 2.10. The monoisotopic (exact) mass is 385 g/mol. The Hall–Kier alpha value is -1.57. The summed E-state index contributed by atoms with van der Waals surface area (Å²) in [6.07, 6.45) is 22.1. The van der Waals surface area contributed by atoms with Gasteiger partial charge < -0.3 is 5.32 Å². The molecular weight excluding hydrogens is 342 g/mol. The molecule has 0 saturated heterocycles. The molecule has 0 aromatic heterocycles. The van der Waals surface area contributed by atoms with Gasteiger partial charge in [0.2, 0.25) is 5.91 Å². The molecule has 0 aliphatic rings. The predicted octanol–water partition coefficient (Wildman–Crippen LogP) is 7.65. The fourth-order valence-electron chi connectivity index (χ4n) is 3.45. The average Bonchev–Trinajstić information content (AvgIpc) is 2.70. The minimum absolute atomic E-state index is 0.181. The minimum atomic E-state index is 0.181. The lowest BCUT2D eigenvalue weighted by molar-refractivity contribution is -0.121. The zero-order valence-corrected chi connectivity index (χ0v) is 18.5. The van der Waals surface area contributed by atoms with Crippen LogP contribution in [0.5, 0.6) is 0 Å².